The van der Waals surface area contributed by atoms with E-state index >= 15 is 0 Å². The summed E-state index contributed by atoms with van der Waals surface area (Å²) in [5.74, 6) is -1.80. The summed E-state index contributed by atoms with van der Waals surface area (Å²) in [6.07, 6.45) is 1.34. The van der Waals surface area contributed by atoms with Gasteiger partial charge < -0.3 is 10.1 Å². The minimum Gasteiger partial charge on any atom is -0.459 e. The number of sulfonamides is 1. The molecule has 0 radical (unpaired) electrons. The van der Waals surface area contributed by atoms with Gasteiger partial charge in [-0.2, -0.15) is 4.31 Å². The van der Waals surface area contributed by atoms with E-state index in [0.29, 0.717) is 24.9 Å². The number of rotatable bonds is 5. The molecule has 2 rings (SSSR count). The largest absolute Gasteiger partial charge is 0.459 e. The van der Waals surface area contributed by atoms with Gasteiger partial charge in [0.1, 0.15) is 0 Å². The van der Waals surface area contributed by atoms with E-state index < -0.39 is 21.9 Å². The monoisotopic (exact) mass is 368 g/mol. The molecule has 0 saturated carbocycles. The Labute approximate surface area is 148 Å². The number of carbonyl (C=O) groups excluding carboxylic acids is 2. The number of nitrogens with one attached hydrogen (secondary N) is 1. The zero-order chi connectivity index (χ0) is 18.6. The summed E-state index contributed by atoms with van der Waals surface area (Å²) >= 11 is 0. The van der Waals surface area contributed by atoms with E-state index in [4.69, 9.17) is 0 Å². The summed E-state index contributed by atoms with van der Waals surface area (Å²) in [6.45, 7) is 5.82. The second-order valence-corrected chi connectivity index (χ2v) is 7.97. The molecule has 1 fully saturated rings. The Bertz CT molecular complexity index is 760. The lowest BCUT2D eigenvalue weighted by atomic mass is 10.2. The number of esters is 1. The Kier molecular flexibility index (Phi) is 6.18. The first-order chi connectivity index (χ1) is 11.8. The zero-order valence-electron chi connectivity index (χ0n) is 14.7. The topological polar surface area (TPSA) is 92.8 Å². The predicted molar refractivity (Wildman–Crippen MR) is 92.5 cm³/mol. The van der Waals surface area contributed by atoms with E-state index in [1.54, 1.807) is 26.0 Å². The summed E-state index contributed by atoms with van der Waals surface area (Å²) in [5.41, 5.74) is 1.56. The molecule has 1 heterocycles. The fourth-order valence-electron chi connectivity index (χ4n) is 2.92. The van der Waals surface area contributed by atoms with E-state index in [0.717, 1.165) is 5.56 Å². The third kappa shape index (κ3) is 4.38. The van der Waals surface area contributed by atoms with Crippen LogP contribution in [0.25, 0.3) is 0 Å². The molecule has 1 aromatic rings. The van der Waals surface area contributed by atoms with Gasteiger partial charge in [-0.15, -0.1) is 0 Å². The number of amides is 1. The quantitative estimate of drug-likeness (QED) is 0.621. The van der Waals surface area contributed by atoms with Crippen LogP contribution in [0.15, 0.2) is 23.1 Å². The number of ether oxygens (including phenoxy) is 1. The molecule has 0 bridgehead atoms. The van der Waals surface area contributed by atoms with Crippen molar-refractivity contribution in [3.05, 3.63) is 29.3 Å². The summed E-state index contributed by atoms with van der Waals surface area (Å²) in [4.78, 5) is 23.3. The van der Waals surface area contributed by atoms with Crippen molar-refractivity contribution in [2.45, 2.75) is 44.6 Å². The second-order valence-electron chi connectivity index (χ2n) is 6.11. The van der Waals surface area contributed by atoms with Crippen molar-refractivity contribution >= 4 is 21.9 Å². The van der Waals surface area contributed by atoms with E-state index in [1.165, 1.54) is 4.31 Å². The van der Waals surface area contributed by atoms with Gasteiger partial charge in [0.15, 0.2) is 0 Å². The maximum Gasteiger partial charge on any atom is 0.396 e. The summed E-state index contributed by atoms with van der Waals surface area (Å²) in [7, 11) is -3.65. The molecule has 1 unspecified atom stereocenters. The zero-order valence-corrected chi connectivity index (χ0v) is 15.6. The second kappa shape index (κ2) is 7.97. The SMILES string of the molecule is CCOC(=O)C(=O)NCC1CCCN1S(=O)(=O)c1cc(C)ccc1C. The Balaban J connectivity index is 2.13. The van der Waals surface area contributed by atoms with Crippen molar-refractivity contribution in [1.29, 1.82) is 0 Å². The first-order valence-electron chi connectivity index (χ1n) is 8.31. The molecular weight excluding hydrogens is 344 g/mol. The van der Waals surface area contributed by atoms with Crippen LogP contribution in [0.4, 0.5) is 0 Å². The lowest BCUT2D eigenvalue weighted by Gasteiger charge is -2.25. The summed E-state index contributed by atoms with van der Waals surface area (Å²) in [6, 6.07) is 4.95. The smallest absolute Gasteiger partial charge is 0.396 e. The molecule has 1 N–H and O–H groups in total. The van der Waals surface area contributed by atoms with Gasteiger partial charge in [-0.1, -0.05) is 12.1 Å². The van der Waals surface area contributed by atoms with Crippen LogP contribution >= 0.6 is 0 Å². The molecule has 7 nitrogen and oxygen atoms in total. The molecule has 25 heavy (non-hydrogen) atoms. The average Bonchev–Trinajstić information content (AvgIpc) is 3.04. The number of hydrogen-bond donors (Lipinski definition) is 1. The van der Waals surface area contributed by atoms with Gasteiger partial charge in [-0.3, -0.25) is 4.79 Å². The van der Waals surface area contributed by atoms with Crippen LogP contribution in [0.5, 0.6) is 0 Å². The van der Waals surface area contributed by atoms with Crippen LogP contribution in [0, 0.1) is 13.8 Å². The van der Waals surface area contributed by atoms with E-state index in [2.05, 4.69) is 10.1 Å². The molecule has 1 aliphatic rings. The third-order valence-corrected chi connectivity index (χ3v) is 6.31. The Morgan fingerprint density at radius 1 is 1.32 bits per heavy atom. The minimum absolute atomic E-state index is 0.0851. The molecule has 1 amide bonds. The van der Waals surface area contributed by atoms with Gasteiger partial charge in [0.25, 0.3) is 0 Å². The fraction of sp³-hybridized carbons (Fsp3) is 0.529. The van der Waals surface area contributed by atoms with Crippen LogP contribution in [0.1, 0.15) is 30.9 Å². The molecule has 1 aromatic carbocycles. The first-order valence-corrected chi connectivity index (χ1v) is 9.75. The standard InChI is InChI=1S/C17H24N2O5S/c1-4-24-17(21)16(20)18-11-14-6-5-9-19(14)25(22,23)15-10-12(2)7-8-13(15)3/h7-8,10,14H,4-6,9,11H2,1-3H3,(H,18,20). The third-order valence-electron chi connectivity index (χ3n) is 4.21. The number of carbonyl (C=O) groups is 2. The van der Waals surface area contributed by atoms with Crippen LogP contribution in [0.2, 0.25) is 0 Å². The lowest BCUT2D eigenvalue weighted by molar-refractivity contribution is -0.154. The molecule has 0 aliphatic carbocycles. The Morgan fingerprint density at radius 2 is 2.04 bits per heavy atom. The fourth-order valence-corrected chi connectivity index (χ4v) is 4.92. The number of benzene rings is 1. The highest BCUT2D eigenvalue weighted by Gasteiger charge is 2.36. The van der Waals surface area contributed by atoms with Crippen LogP contribution < -0.4 is 5.32 Å². The van der Waals surface area contributed by atoms with Crippen molar-refractivity contribution in [3.63, 3.8) is 0 Å². The Morgan fingerprint density at radius 3 is 2.72 bits per heavy atom. The first kappa shape index (κ1) is 19.4. The van der Waals surface area contributed by atoms with E-state index in [-0.39, 0.29) is 24.1 Å². The van der Waals surface area contributed by atoms with Crippen molar-refractivity contribution in [2.24, 2.45) is 0 Å². The molecule has 8 heteroatoms. The molecule has 0 spiro atoms. The molecule has 0 aromatic heterocycles. The minimum atomic E-state index is -3.65. The summed E-state index contributed by atoms with van der Waals surface area (Å²) in [5, 5.41) is 2.47. The maximum absolute atomic E-state index is 13.0. The van der Waals surface area contributed by atoms with Crippen molar-refractivity contribution in [1.82, 2.24) is 9.62 Å². The highest BCUT2D eigenvalue weighted by atomic mass is 32.2. The molecule has 1 atom stereocenters. The maximum atomic E-state index is 13.0. The van der Waals surface area contributed by atoms with Gasteiger partial charge in [0.05, 0.1) is 11.5 Å². The van der Waals surface area contributed by atoms with Gasteiger partial charge in [-0.05, 0) is 50.8 Å². The predicted octanol–water partition coefficient (Wildman–Crippen LogP) is 1.14. The Hall–Kier alpha value is -1.93. The number of nitrogens with zero attached hydrogens (tertiary/aromatic N) is 1. The molecule has 1 saturated heterocycles. The molecule has 1 aliphatic heterocycles. The average molecular weight is 368 g/mol. The van der Waals surface area contributed by atoms with Gasteiger partial charge in [0.2, 0.25) is 10.0 Å². The van der Waals surface area contributed by atoms with Crippen molar-refractivity contribution in [2.75, 3.05) is 19.7 Å². The van der Waals surface area contributed by atoms with Crippen molar-refractivity contribution < 1.29 is 22.7 Å². The van der Waals surface area contributed by atoms with Gasteiger partial charge in [-0.25, -0.2) is 13.2 Å². The van der Waals surface area contributed by atoms with Crippen LogP contribution in [-0.2, 0) is 24.3 Å². The van der Waals surface area contributed by atoms with Gasteiger partial charge >= 0.3 is 11.9 Å². The number of hydrogen-bond acceptors (Lipinski definition) is 5. The highest BCUT2D eigenvalue weighted by molar-refractivity contribution is 7.89. The normalized spacial score (nSPS) is 18.1. The van der Waals surface area contributed by atoms with E-state index in [1.807, 2.05) is 13.0 Å². The summed E-state index contributed by atoms with van der Waals surface area (Å²) < 4.78 is 32.1. The van der Waals surface area contributed by atoms with Crippen LogP contribution in [-0.4, -0.2) is 50.3 Å². The lowest BCUT2D eigenvalue weighted by Crippen LogP contribution is -2.45. The van der Waals surface area contributed by atoms with Gasteiger partial charge in [0, 0.05) is 19.1 Å². The number of aryl methyl sites for hydroxylation is 2. The van der Waals surface area contributed by atoms with Crippen molar-refractivity contribution in [3.8, 4) is 0 Å². The van der Waals surface area contributed by atoms with Crippen LogP contribution in [0.3, 0.4) is 0 Å². The molecular formula is C17H24N2O5S. The van der Waals surface area contributed by atoms with E-state index in [9.17, 15) is 18.0 Å². The molecule has 138 valence electrons. The highest BCUT2D eigenvalue weighted by Crippen LogP contribution is 2.28.